The zero-order valence-corrected chi connectivity index (χ0v) is 20.1. The summed E-state index contributed by atoms with van der Waals surface area (Å²) in [6, 6.07) is 24.4. The molecule has 170 valence electrons. The highest BCUT2D eigenvalue weighted by atomic mass is 35.5. The van der Waals surface area contributed by atoms with Crippen LogP contribution in [0.4, 0.5) is 0 Å². The van der Waals surface area contributed by atoms with Crippen molar-refractivity contribution in [1.29, 1.82) is 0 Å². The molecule has 0 aliphatic carbocycles. The van der Waals surface area contributed by atoms with E-state index in [-0.39, 0.29) is 0 Å². The largest absolute Gasteiger partial charge is 0.497 e. The van der Waals surface area contributed by atoms with Gasteiger partial charge in [-0.15, -0.1) is 0 Å². The molecule has 1 aromatic heterocycles. The first kappa shape index (κ1) is 22.8. The molecule has 33 heavy (non-hydrogen) atoms. The topological polar surface area (TPSA) is 32.6 Å². The van der Waals surface area contributed by atoms with Crippen molar-refractivity contribution < 1.29 is 14.2 Å². The number of methoxy groups -OCH3 is 3. The fourth-order valence-corrected chi connectivity index (χ4v) is 4.38. The Morgan fingerprint density at radius 2 is 1.27 bits per heavy atom. The van der Waals surface area contributed by atoms with Gasteiger partial charge in [0.2, 0.25) is 0 Å². The Balaban J connectivity index is 2.01. The Bertz CT molecular complexity index is 1230. The number of ether oxygens (including phenoxy) is 3. The highest BCUT2D eigenvalue weighted by Gasteiger charge is 2.21. The van der Waals surface area contributed by atoms with E-state index in [9.17, 15) is 0 Å². The summed E-state index contributed by atoms with van der Waals surface area (Å²) in [7, 11) is 5.00. The molecular formula is C28H28ClNO3. The second kappa shape index (κ2) is 10.1. The third-order valence-corrected chi connectivity index (χ3v) is 6.06. The molecule has 0 spiro atoms. The Kier molecular flexibility index (Phi) is 6.95. The maximum absolute atomic E-state index is 6.75. The van der Waals surface area contributed by atoms with Gasteiger partial charge in [0.05, 0.1) is 32.0 Å². The summed E-state index contributed by atoms with van der Waals surface area (Å²) in [5, 5.41) is 0.652. The van der Waals surface area contributed by atoms with E-state index in [1.165, 1.54) is 5.69 Å². The van der Waals surface area contributed by atoms with Gasteiger partial charge >= 0.3 is 0 Å². The molecule has 0 fully saturated rings. The lowest BCUT2D eigenvalue weighted by molar-refractivity contribution is 0.414. The number of nitrogens with zero attached hydrogens (tertiary/aromatic N) is 1. The lowest BCUT2D eigenvalue weighted by atomic mass is 10.0. The summed E-state index contributed by atoms with van der Waals surface area (Å²) in [5.41, 5.74) is 6.49. The van der Waals surface area contributed by atoms with Crippen molar-refractivity contribution in [2.45, 2.75) is 19.8 Å². The lowest BCUT2D eigenvalue weighted by Crippen LogP contribution is -2.02. The smallest absolute Gasteiger partial charge is 0.120 e. The second-order valence-corrected chi connectivity index (χ2v) is 8.16. The molecule has 3 aromatic carbocycles. The van der Waals surface area contributed by atoms with Crippen molar-refractivity contribution in [3.8, 4) is 45.3 Å². The van der Waals surface area contributed by atoms with Crippen LogP contribution in [0.15, 0.2) is 72.8 Å². The summed E-state index contributed by atoms with van der Waals surface area (Å²) >= 11 is 6.75. The minimum absolute atomic E-state index is 0.652. The Morgan fingerprint density at radius 3 is 1.82 bits per heavy atom. The van der Waals surface area contributed by atoms with Crippen LogP contribution in [0.25, 0.3) is 28.1 Å². The van der Waals surface area contributed by atoms with Gasteiger partial charge in [-0.1, -0.05) is 24.9 Å². The average molecular weight is 462 g/mol. The van der Waals surface area contributed by atoms with Crippen LogP contribution in [0.1, 0.15) is 19.0 Å². The number of aromatic nitrogens is 1. The molecule has 0 saturated heterocycles. The van der Waals surface area contributed by atoms with Gasteiger partial charge in [-0.05, 0) is 84.8 Å². The first-order valence-corrected chi connectivity index (χ1v) is 11.3. The highest BCUT2D eigenvalue weighted by molar-refractivity contribution is 6.33. The van der Waals surface area contributed by atoms with Gasteiger partial charge < -0.3 is 18.8 Å². The van der Waals surface area contributed by atoms with Crippen LogP contribution < -0.4 is 14.2 Å². The molecule has 0 bridgehead atoms. The molecule has 0 aliphatic heterocycles. The van der Waals surface area contributed by atoms with E-state index >= 15 is 0 Å². The van der Waals surface area contributed by atoms with Gasteiger partial charge in [0, 0.05) is 22.5 Å². The van der Waals surface area contributed by atoms with E-state index in [0.29, 0.717) is 5.02 Å². The monoisotopic (exact) mass is 461 g/mol. The molecule has 0 N–H and O–H groups in total. The fourth-order valence-electron chi connectivity index (χ4n) is 4.11. The van der Waals surface area contributed by atoms with Gasteiger partial charge in [0.25, 0.3) is 0 Å². The maximum Gasteiger partial charge on any atom is 0.120 e. The number of aryl methyl sites for hydroxylation is 1. The lowest BCUT2D eigenvalue weighted by Gasteiger charge is -2.16. The maximum atomic E-state index is 6.75. The third kappa shape index (κ3) is 4.57. The van der Waals surface area contributed by atoms with Crippen LogP contribution in [0.5, 0.6) is 17.2 Å². The summed E-state index contributed by atoms with van der Waals surface area (Å²) < 4.78 is 18.5. The van der Waals surface area contributed by atoms with E-state index in [1.54, 1.807) is 21.3 Å². The van der Waals surface area contributed by atoms with Gasteiger partial charge in [-0.2, -0.15) is 0 Å². The molecule has 0 unspecified atom stereocenters. The first-order chi connectivity index (χ1) is 16.1. The molecule has 1 heterocycles. The Hall–Kier alpha value is -3.37. The molecule has 0 atom stereocenters. The van der Waals surface area contributed by atoms with E-state index in [1.807, 2.05) is 42.5 Å². The zero-order chi connectivity index (χ0) is 23.4. The van der Waals surface area contributed by atoms with E-state index < -0.39 is 0 Å². The van der Waals surface area contributed by atoms with Crippen molar-refractivity contribution in [2.75, 3.05) is 21.3 Å². The van der Waals surface area contributed by atoms with Crippen molar-refractivity contribution in [1.82, 2.24) is 4.57 Å². The second-order valence-electron chi connectivity index (χ2n) is 7.76. The van der Waals surface area contributed by atoms with Crippen LogP contribution in [0.3, 0.4) is 0 Å². The van der Waals surface area contributed by atoms with Crippen LogP contribution in [-0.2, 0) is 6.42 Å². The van der Waals surface area contributed by atoms with Crippen molar-refractivity contribution in [3.05, 3.63) is 83.5 Å². The predicted molar refractivity (Wildman–Crippen MR) is 135 cm³/mol. The molecule has 0 radical (unpaired) electrons. The Morgan fingerprint density at radius 1 is 0.697 bits per heavy atom. The first-order valence-electron chi connectivity index (χ1n) is 11.0. The molecule has 0 amide bonds. The summed E-state index contributed by atoms with van der Waals surface area (Å²) in [5.74, 6) is 2.38. The van der Waals surface area contributed by atoms with Crippen molar-refractivity contribution >= 4 is 11.6 Å². The van der Waals surface area contributed by atoms with Crippen LogP contribution in [-0.4, -0.2) is 25.9 Å². The molecule has 0 saturated carbocycles. The van der Waals surface area contributed by atoms with E-state index in [0.717, 1.165) is 58.2 Å². The summed E-state index contributed by atoms with van der Waals surface area (Å²) in [6.45, 7) is 2.19. The number of benzene rings is 3. The van der Waals surface area contributed by atoms with Gasteiger partial charge in [0.1, 0.15) is 17.2 Å². The van der Waals surface area contributed by atoms with Crippen molar-refractivity contribution in [3.63, 3.8) is 0 Å². The standard InChI is InChI=1S/C28H28ClNO3/c1-5-6-21-17-26(25-16-15-24(33-4)18-27(25)29)28(19-7-11-22(31-2)12-8-19)30(21)20-9-13-23(32-3)14-10-20/h7-18H,5-6H2,1-4H3. The minimum atomic E-state index is 0.652. The van der Waals surface area contributed by atoms with Crippen LogP contribution in [0.2, 0.25) is 5.02 Å². The predicted octanol–water partition coefficient (Wildman–Crippen LogP) is 7.44. The molecule has 4 aromatic rings. The molecular weight excluding hydrogens is 434 g/mol. The minimum Gasteiger partial charge on any atom is -0.497 e. The van der Waals surface area contributed by atoms with Gasteiger partial charge in [-0.25, -0.2) is 0 Å². The third-order valence-electron chi connectivity index (χ3n) is 5.74. The summed E-state index contributed by atoms with van der Waals surface area (Å²) in [6.07, 6.45) is 1.96. The van der Waals surface area contributed by atoms with Gasteiger partial charge in [-0.3, -0.25) is 0 Å². The number of hydrogen-bond acceptors (Lipinski definition) is 3. The van der Waals surface area contributed by atoms with E-state index in [4.69, 9.17) is 25.8 Å². The zero-order valence-electron chi connectivity index (χ0n) is 19.4. The quantitative estimate of drug-likeness (QED) is 0.273. The SMILES string of the molecule is CCCc1cc(-c2ccc(OC)cc2Cl)c(-c2ccc(OC)cc2)n1-c1ccc(OC)cc1. The fraction of sp³-hybridized carbons (Fsp3) is 0.214. The number of hydrogen-bond donors (Lipinski definition) is 0. The van der Waals surface area contributed by atoms with Crippen molar-refractivity contribution in [2.24, 2.45) is 0 Å². The molecule has 0 aliphatic rings. The average Bonchev–Trinajstić information content (AvgIpc) is 3.23. The van der Waals surface area contributed by atoms with Crippen LogP contribution >= 0.6 is 11.6 Å². The van der Waals surface area contributed by atoms with E-state index in [2.05, 4.69) is 41.8 Å². The summed E-state index contributed by atoms with van der Waals surface area (Å²) in [4.78, 5) is 0. The molecule has 4 nitrogen and oxygen atoms in total. The highest BCUT2D eigenvalue weighted by Crippen LogP contribution is 2.42. The number of halogens is 1. The van der Waals surface area contributed by atoms with Crippen LogP contribution in [0, 0.1) is 0 Å². The normalized spacial score (nSPS) is 10.8. The van der Waals surface area contributed by atoms with Gasteiger partial charge in [0.15, 0.2) is 0 Å². The molecule has 4 rings (SSSR count). The Labute approximate surface area is 200 Å². The molecule has 5 heteroatoms. The number of rotatable bonds is 8.